The molecule has 0 spiro atoms. The first-order chi connectivity index (χ1) is 9.16. The van der Waals surface area contributed by atoms with Crippen LogP contribution < -0.4 is 16.2 Å². The minimum atomic E-state index is -3.79. The summed E-state index contributed by atoms with van der Waals surface area (Å²) in [6, 6.07) is 3.63. The zero-order valence-corrected chi connectivity index (χ0v) is 12.6. The van der Waals surface area contributed by atoms with Crippen molar-refractivity contribution in [3.8, 4) is 0 Å². The van der Waals surface area contributed by atoms with Crippen molar-refractivity contribution < 1.29 is 13.2 Å². The van der Waals surface area contributed by atoms with Gasteiger partial charge in [-0.3, -0.25) is 4.79 Å². The molecule has 0 aliphatic heterocycles. The number of nitrogen functional groups attached to an aromatic ring is 1. The first-order valence-electron chi connectivity index (χ1n) is 6.10. The number of hydrogen-bond acceptors (Lipinski definition) is 5. The van der Waals surface area contributed by atoms with Gasteiger partial charge in [0.25, 0.3) is 0 Å². The number of amides is 1. The maximum Gasteiger partial charge on any atom is 0.244 e. The van der Waals surface area contributed by atoms with Gasteiger partial charge >= 0.3 is 0 Å². The molecule has 8 heteroatoms. The van der Waals surface area contributed by atoms with E-state index in [0.717, 1.165) is 0 Å². The van der Waals surface area contributed by atoms with Crippen LogP contribution in [0.4, 0.5) is 11.4 Å². The van der Waals surface area contributed by atoms with Crippen molar-refractivity contribution in [3.05, 3.63) is 18.2 Å². The molecule has 5 N–H and O–H groups in total. The third kappa shape index (κ3) is 3.84. The molecule has 112 valence electrons. The molecule has 0 aliphatic rings. The minimum Gasteiger partial charge on any atom is -0.397 e. The fourth-order valence-electron chi connectivity index (χ4n) is 1.63. The molecule has 1 aromatic rings. The van der Waals surface area contributed by atoms with Gasteiger partial charge in [0.15, 0.2) is 0 Å². The first-order valence-corrected chi connectivity index (χ1v) is 7.65. The van der Waals surface area contributed by atoms with Gasteiger partial charge < -0.3 is 16.0 Å². The third-order valence-electron chi connectivity index (χ3n) is 2.94. The van der Waals surface area contributed by atoms with Crippen molar-refractivity contribution in [2.24, 2.45) is 5.14 Å². The van der Waals surface area contributed by atoms with Crippen LogP contribution in [-0.2, 0) is 14.8 Å². The predicted molar refractivity (Wildman–Crippen MR) is 78.6 cm³/mol. The molecule has 0 saturated carbocycles. The van der Waals surface area contributed by atoms with Crippen molar-refractivity contribution in [1.29, 1.82) is 0 Å². The zero-order valence-electron chi connectivity index (χ0n) is 11.8. The molecule has 1 rings (SSSR count). The van der Waals surface area contributed by atoms with E-state index in [-0.39, 0.29) is 16.5 Å². The van der Waals surface area contributed by atoms with Crippen LogP contribution in [0.5, 0.6) is 0 Å². The summed E-state index contributed by atoms with van der Waals surface area (Å²) >= 11 is 0. The predicted octanol–water partition coefficient (Wildman–Crippen LogP) is 0.195. The van der Waals surface area contributed by atoms with E-state index in [0.29, 0.717) is 12.2 Å². The maximum absolute atomic E-state index is 11.9. The van der Waals surface area contributed by atoms with Gasteiger partial charge in [-0.15, -0.1) is 0 Å². The van der Waals surface area contributed by atoms with Gasteiger partial charge in [0.1, 0.15) is 6.04 Å². The van der Waals surface area contributed by atoms with Crippen LogP contribution in [0.25, 0.3) is 0 Å². The summed E-state index contributed by atoms with van der Waals surface area (Å²) in [6.45, 7) is 4.19. The lowest BCUT2D eigenvalue weighted by molar-refractivity contribution is -0.130. The maximum atomic E-state index is 11.9. The summed E-state index contributed by atoms with van der Waals surface area (Å²) in [7, 11) is -2.08. The van der Waals surface area contributed by atoms with Crippen LogP contribution in [0.2, 0.25) is 0 Å². The minimum absolute atomic E-state index is 0.0646. The van der Waals surface area contributed by atoms with Crippen LogP contribution >= 0.6 is 0 Å². The molecular weight excluding hydrogens is 280 g/mol. The van der Waals surface area contributed by atoms with Crippen LogP contribution in [0, 0.1) is 0 Å². The quantitative estimate of drug-likeness (QED) is 0.671. The number of nitrogens with two attached hydrogens (primary N) is 2. The van der Waals surface area contributed by atoms with Gasteiger partial charge in [0, 0.05) is 13.6 Å². The molecule has 1 atom stereocenters. The summed E-state index contributed by atoms with van der Waals surface area (Å²) in [5.74, 6) is -0.0811. The van der Waals surface area contributed by atoms with E-state index in [2.05, 4.69) is 5.32 Å². The van der Waals surface area contributed by atoms with Crippen molar-refractivity contribution >= 4 is 27.3 Å². The summed E-state index contributed by atoms with van der Waals surface area (Å²) in [5, 5.41) is 7.97. The van der Waals surface area contributed by atoms with Crippen molar-refractivity contribution in [3.63, 3.8) is 0 Å². The van der Waals surface area contributed by atoms with E-state index in [9.17, 15) is 13.2 Å². The standard InChI is InChI=1S/C12H20N4O3S/c1-4-16(3)12(17)8(2)15-11-6-5-9(7-10(11)13)20(14,18)19/h5-8,15H,4,13H2,1-3H3,(H2,14,18,19). The molecule has 1 unspecified atom stereocenters. The highest BCUT2D eigenvalue weighted by Gasteiger charge is 2.17. The number of likely N-dealkylation sites (N-methyl/N-ethyl adjacent to an activating group) is 1. The largest absolute Gasteiger partial charge is 0.397 e. The molecular formula is C12H20N4O3S. The second-order valence-electron chi connectivity index (χ2n) is 4.51. The number of primary sulfonamides is 1. The number of benzene rings is 1. The molecule has 0 saturated heterocycles. The number of sulfonamides is 1. The van der Waals surface area contributed by atoms with Crippen molar-refractivity contribution in [2.75, 3.05) is 24.6 Å². The van der Waals surface area contributed by atoms with Crippen LogP contribution in [0.3, 0.4) is 0 Å². The summed E-state index contributed by atoms with van der Waals surface area (Å²) < 4.78 is 22.4. The van der Waals surface area contributed by atoms with E-state index in [4.69, 9.17) is 10.9 Å². The number of carbonyl (C=O) groups excluding carboxylic acids is 1. The van der Waals surface area contributed by atoms with Gasteiger partial charge in [0.2, 0.25) is 15.9 Å². The lowest BCUT2D eigenvalue weighted by atomic mass is 10.2. The van der Waals surface area contributed by atoms with Gasteiger partial charge in [-0.25, -0.2) is 13.6 Å². The number of carbonyl (C=O) groups is 1. The number of nitrogens with zero attached hydrogens (tertiary/aromatic N) is 1. The average molecular weight is 300 g/mol. The SMILES string of the molecule is CCN(C)C(=O)C(C)Nc1ccc(S(N)(=O)=O)cc1N. The Morgan fingerprint density at radius 2 is 2.05 bits per heavy atom. The lowest BCUT2D eigenvalue weighted by Crippen LogP contribution is -2.38. The normalized spacial score (nSPS) is 12.8. The summed E-state index contributed by atoms with van der Waals surface area (Å²) in [5.41, 5.74) is 6.47. The Labute approximate surface area is 119 Å². The molecule has 0 fully saturated rings. The van der Waals surface area contributed by atoms with E-state index in [1.54, 1.807) is 18.9 Å². The van der Waals surface area contributed by atoms with Gasteiger partial charge in [-0.2, -0.15) is 0 Å². The lowest BCUT2D eigenvalue weighted by Gasteiger charge is -2.22. The highest BCUT2D eigenvalue weighted by molar-refractivity contribution is 7.89. The molecule has 0 bridgehead atoms. The topological polar surface area (TPSA) is 119 Å². The molecule has 20 heavy (non-hydrogen) atoms. The van der Waals surface area contributed by atoms with Crippen molar-refractivity contribution in [2.45, 2.75) is 24.8 Å². The van der Waals surface area contributed by atoms with Crippen LogP contribution in [0.15, 0.2) is 23.1 Å². The van der Waals surface area contributed by atoms with E-state index in [1.807, 2.05) is 6.92 Å². The number of hydrogen-bond donors (Lipinski definition) is 3. The van der Waals surface area contributed by atoms with E-state index < -0.39 is 16.1 Å². The Balaban J connectivity index is 2.92. The average Bonchev–Trinajstić information content (AvgIpc) is 2.37. The third-order valence-corrected chi connectivity index (χ3v) is 3.86. The van der Waals surface area contributed by atoms with Gasteiger partial charge in [-0.1, -0.05) is 0 Å². The summed E-state index contributed by atoms with van der Waals surface area (Å²) in [4.78, 5) is 13.4. The number of rotatable bonds is 5. The van der Waals surface area contributed by atoms with Gasteiger partial charge in [-0.05, 0) is 32.0 Å². The Morgan fingerprint density at radius 3 is 2.50 bits per heavy atom. The molecule has 1 amide bonds. The molecule has 0 aliphatic carbocycles. The molecule has 0 aromatic heterocycles. The second-order valence-corrected chi connectivity index (χ2v) is 6.07. The monoisotopic (exact) mass is 300 g/mol. The molecule has 0 heterocycles. The van der Waals surface area contributed by atoms with Crippen LogP contribution in [-0.4, -0.2) is 38.9 Å². The highest BCUT2D eigenvalue weighted by Crippen LogP contribution is 2.22. The van der Waals surface area contributed by atoms with E-state index in [1.165, 1.54) is 18.2 Å². The Kier molecular flexibility index (Phi) is 4.96. The highest BCUT2D eigenvalue weighted by atomic mass is 32.2. The van der Waals surface area contributed by atoms with Crippen LogP contribution in [0.1, 0.15) is 13.8 Å². The smallest absolute Gasteiger partial charge is 0.244 e. The Hall–Kier alpha value is -1.80. The Bertz CT molecular complexity index is 601. The molecule has 1 aromatic carbocycles. The number of nitrogens with one attached hydrogen (secondary N) is 1. The fourth-order valence-corrected chi connectivity index (χ4v) is 2.18. The summed E-state index contributed by atoms with van der Waals surface area (Å²) in [6.07, 6.45) is 0. The first kappa shape index (κ1) is 16.3. The van der Waals surface area contributed by atoms with Gasteiger partial charge in [0.05, 0.1) is 16.3 Å². The Morgan fingerprint density at radius 1 is 1.45 bits per heavy atom. The molecule has 0 radical (unpaired) electrons. The van der Waals surface area contributed by atoms with Crippen molar-refractivity contribution in [1.82, 2.24) is 4.90 Å². The molecule has 7 nitrogen and oxygen atoms in total. The van der Waals surface area contributed by atoms with E-state index >= 15 is 0 Å². The second kappa shape index (κ2) is 6.10. The number of anilines is 2. The zero-order chi connectivity index (χ0) is 15.5. The fraction of sp³-hybridized carbons (Fsp3) is 0.417.